The lowest BCUT2D eigenvalue weighted by Gasteiger charge is -2.13. The highest BCUT2D eigenvalue weighted by atomic mass is 32.2. The average Bonchev–Trinajstić information content (AvgIpc) is 2.71. The molecule has 88 valence electrons. The molecule has 0 saturated heterocycles. The minimum atomic E-state index is 0.745. The smallest absolute Gasteiger partial charge is 0.131 e. The number of benzene rings is 1. The fourth-order valence-corrected chi connectivity index (χ4v) is 3.67. The van der Waals surface area contributed by atoms with Crippen LogP contribution in [-0.4, -0.2) is 22.5 Å². The number of rotatable bonds is 1. The Bertz CT molecular complexity index is 604. The molecule has 0 radical (unpaired) electrons. The summed E-state index contributed by atoms with van der Waals surface area (Å²) >= 11 is 3.37. The van der Waals surface area contributed by atoms with E-state index in [2.05, 4.69) is 29.4 Å². The Morgan fingerprint density at radius 2 is 2.24 bits per heavy atom. The Kier molecular flexibility index (Phi) is 2.80. The van der Waals surface area contributed by atoms with Gasteiger partial charge in [0.2, 0.25) is 0 Å². The van der Waals surface area contributed by atoms with Crippen molar-refractivity contribution in [2.75, 3.05) is 13.4 Å². The fourth-order valence-electron chi connectivity index (χ4n) is 2.06. The summed E-state index contributed by atoms with van der Waals surface area (Å²) in [6.07, 6.45) is 2.05. The van der Waals surface area contributed by atoms with Gasteiger partial charge in [0.1, 0.15) is 16.5 Å². The molecule has 1 aromatic heterocycles. The summed E-state index contributed by atoms with van der Waals surface area (Å²) in [5.41, 5.74) is 2.38. The first-order valence-electron chi connectivity index (χ1n) is 5.28. The zero-order valence-corrected chi connectivity index (χ0v) is 11.3. The Morgan fingerprint density at radius 1 is 1.41 bits per heavy atom. The summed E-state index contributed by atoms with van der Waals surface area (Å²) in [5.74, 6) is 0. The molecule has 3 rings (SSSR count). The van der Waals surface area contributed by atoms with Crippen LogP contribution in [0.25, 0.3) is 10.9 Å². The highest BCUT2D eigenvalue weighted by Gasteiger charge is 2.22. The van der Waals surface area contributed by atoms with Crippen LogP contribution in [0.4, 0.5) is 0 Å². The van der Waals surface area contributed by atoms with E-state index in [1.165, 1.54) is 10.9 Å². The maximum absolute atomic E-state index is 5.49. The third-order valence-electron chi connectivity index (χ3n) is 2.80. The van der Waals surface area contributed by atoms with Gasteiger partial charge in [-0.3, -0.25) is 4.99 Å². The predicted octanol–water partition coefficient (Wildman–Crippen LogP) is 3.02. The molecule has 1 aromatic carbocycles. The lowest BCUT2D eigenvalue weighted by atomic mass is 10.2. The van der Waals surface area contributed by atoms with E-state index in [1.807, 2.05) is 10.8 Å². The highest BCUT2D eigenvalue weighted by Crippen LogP contribution is 2.38. The monoisotopic (exact) mass is 264 g/mol. The van der Waals surface area contributed by atoms with Gasteiger partial charge in [0.25, 0.3) is 0 Å². The molecule has 1 aliphatic rings. The number of nitrogens with zero attached hydrogens (tertiary/aromatic N) is 2. The van der Waals surface area contributed by atoms with E-state index >= 15 is 0 Å². The summed E-state index contributed by atoms with van der Waals surface area (Å²) in [6, 6.07) is 8.30. The Morgan fingerprint density at radius 3 is 3.00 bits per heavy atom. The Balaban J connectivity index is 2.24. The number of hydrogen-bond acceptors (Lipinski definition) is 4. The third-order valence-corrected chi connectivity index (χ3v) is 4.94. The summed E-state index contributed by atoms with van der Waals surface area (Å²) in [5, 5.41) is 2.40. The average molecular weight is 264 g/mol. The quantitative estimate of drug-likeness (QED) is 0.792. The predicted molar refractivity (Wildman–Crippen MR) is 75.0 cm³/mol. The molecule has 0 bridgehead atoms. The molecule has 0 N–H and O–H groups in total. The molecule has 0 spiro atoms. The van der Waals surface area contributed by atoms with Crippen molar-refractivity contribution in [1.82, 2.24) is 4.73 Å². The van der Waals surface area contributed by atoms with E-state index < -0.39 is 0 Å². The molecule has 5 heteroatoms. The van der Waals surface area contributed by atoms with Crippen molar-refractivity contribution < 1.29 is 4.84 Å². The second-order valence-corrected chi connectivity index (χ2v) is 5.70. The van der Waals surface area contributed by atoms with E-state index in [1.54, 1.807) is 30.6 Å². The van der Waals surface area contributed by atoms with E-state index in [0.717, 1.165) is 21.5 Å². The molecule has 0 saturated carbocycles. The van der Waals surface area contributed by atoms with Gasteiger partial charge in [0.05, 0.1) is 12.1 Å². The normalized spacial score (nSPS) is 14.6. The van der Waals surface area contributed by atoms with Gasteiger partial charge in [-0.15, -0.1) is 11.8 Å². The van der Waals surface area contributed by atoms with Gasteiger partial charge >= 0.3 is 0 Å². The maximum Gasteiger partial charge on any atom is 0.131 e. The molecule has 0 amide bonds. The van der Waals surface area contributed by atoms with Crippen LogP contribution in [0, 0.1) is 0 Å². The van der Waals surface area contributed by atoms with Crippen molar-refractivity contribution in [2.24, 2.45) is 4.99 Å². The summed E-state index contributed by atoms with van der Waals surface area (Å²) in [6.45, 7) is 0.745. The van der Waals surface area contributed by atoms with Gasteiger partial charge in [-0.2, -0.15) is 4.73 Å². The zero-order valence-electron chi connectivity index (χ0n) is 9.64. The summed E-state index contributed by atoms with van der Waals surface area (Å²) in [7, 11) is 1.71. The van der Waals surface area contributed by atoms with Crippen LogP contribution in [0.5, 0.6) is 0 Å². The van der Waals surface area contributed by atoms with Crippen LogP contribution < -0.4 is 4.84 Å². The van der Waals surface area contributed by atoms with E-state index in [4.69, 9.17) is 4.84 Å². The van der Waals surface area contributed by atoms with Crippen molar-refractivity contribution in [3.8, 4) is 0 Å². The molecule has 0 unspecified atom stereocenters. The number of para-hydroxylation sites is 1. The standard InChI is InChI=1S/C12H12N2OS2/c1-15-14-10-6-4-3-5-8(10)9-7-13-12(16-2)17-11(9)14/h3-6H,7H2,1-2H3. The van der Waals surface area contributed by atoms with Gasteiger partial charge in [-0.05, 0) is 24.1 Å². The van der Waals surface area contributed by atoms with Gasteiger partial charge < -0.3 is 4.84 Å². The number of aliphatic imine (C=N–C) groups is 1. The van der Waals surface area contributed by atoms with Crippen LogP contribution in [-0.2, 0) is 6.54 Å². The van der Waals surface area contributed by atoms with Crippen molar-refractivity contribution in [2.45, 2.75) is 11.6 Å². The van der Waals surface area contributed by atoms with Crippen LogP contribution >= 0.6 is 23.5 Å². The minimum Gasteiger partial charge on any atom is -0.416 e. The minimum absolute atomic E-state index is 0.745. The van der Waals surface area contributed by atoms with Gasteiger partial charge in [-0.1, -0.05) is 18.2 Å². The molecule has 0 fully saturated rings. The Labute approximate surface area is 108 Å². The molecular formula is C12H12N2OS2. The van der Waals surface area contributed by atoms with E-state index in [9.17, 15) is 0 Å². The number of aromatic nitrogens is 1. The largest absolute Gasteiger partial charge is 0.416 e. The van der Waals surface area contributed by atoms with Crippen LogP contribution in [0.15, 0.2) is 34.3 Å². The Hall–Kier alpha value is -1.07. The fraction of sp³-hybridized carbons (Fsp3) is 0.250. The lowest BCUT2D eigenvalue weighted by molar-refractivity contribution is 0.158. The molecule has 1 aliphatic heterocycles. The van der Waals surface area contributed by atoms with Crippen molar-refractivity contribution in [3.63, 3.8) is 0 Å². The van der Waals surface area contributed by atoms with E-state index in [-0.39, 0.29) is 0 Å². The van der Waals surface area contributed by atoms with Crippen molar-refractivity contribution in [1.29, 1.82) is 0 Å². The maximum atomic E-state index is 5.49. The molecule has 17 heavy (non-hydrogen) atoms. The lowest BCUT2D eigenvalue weighted by Crippen LogP contribution is -2.09. The van der Waals surface area contributed by atoms with Crippen LogP contribution in [0.2, 0.25) is 0 Å². The topological polar surface area (TPSA) is 26.5 Å². The molecular weight excluding hydrogens is 252 g/mol. The van der Waals surface area contributed by atoms with Gasteiger partial charge in [-0.25, -0.2) is 0 Å². The molecule has 0 aliphatic carbocycles. The van der Waals surface area contributed by atoms with Crippen molar-refractivity contribution in [3.05, 3.63) is 29.8 Å². The summed E-state index contributed by atoms with van der Waals surface area (Å²) < 4.78 is 3.00. The molecule has 2 aromatic rings. The van der Waals surface area contributed by atoms with Crippen LogP contribution in [0.1, 0.15) is 5.56 Å². The third kappa shape index (κ3) is 1.65. The van der Waals surface area contributed by atoms with E-state index in [0.29, 0.717) is 0 Å². The van der Waals surface area contributed by atoms with Gasteiger partial charge in [0, 0.05) is 10.9 Å². The number of hydrogen-bond donors (Lipinski definition) is 0. The van der Waals surface area contributed by atoms with Crippen molar-refractivity contribution >= 4 is 38.8 Å². The summed E-state index contributed by atoms with van der Waals surface area (Å²) in [4.78, 5) is 10.1. The first-order valence-corrected chi connectivity index (χ1v) is 7.32. The highest BCUT2D eigenvalue weighted by molar-refractivity contribution is 8.38. The number of thioether (sulfide) groups is 2. The van der Waals surface area contributed by atoms with Crippen LogP contribution in [0.3, 0.4) is 0 Å². The first-order chi connectivity index (χ1) is 8.35. The SMILES string of the molecule is COn1c2c(c3ccccc31)CN=C(SC)S2. The molecule has 2 heterocycles. The molecule has 0 atom stereocenters. The molecule has 3 nitrogen and oxygen atoms in total. The van der Waals surface area contributed by atoms with Gasteiger partial charge in [0.15, 0.2) is 0 Å². The number of fused-ring (bicyclic) bond motifs is 3. The second-order valence-electron chi connectivity index (χ2n) is 3.67. The zero-order chi connectivity index (χ0) is 11.8. The first kappa shape index (κ1) is 11.0. The second kappa shape index (κ2) is 4.31.